The quantitative estimate of drug-likeness (QED) is 0.439. The van der Waals surface area contributed by atoms with Gasteiger partial charge < -0.3 is 4.90 Å². The Kier molecular flexibility index (Phi) is 6.16. The van der Waals surface area contributed by atoms with E-state index in [-0.39, 0.29) is 17.5 Å². The molecule has 0 unspecified atom stereocenters. The summed E-state index contributed by atoms with van der Waals surface area (Å²) in [6.45, 7) is 3.40. The maximum atomic E-state index is 13.4. The molecule has 1 saturated heterocycles. The van der Waals surface area contributed by atoms with Gasteiger partial charge in [-0.3, -0.25) is 9.69 Å². The van der Waals surface area contributed by atoms with Gasteiger partial charge in [-0.25, -0.2) is 14.1 Å². The number of rotatable bonds is 5. The minimum atomic E-state index is -0.336. The summed E-state index contributed by atoms with van der Waals surface area (Å²) in [7, 11) is 0. The molecule has 0 aliphatic carbocycles. The fourth-order valence-electron chi connectivity index (χ4n) is 3.92. The molecule has 34 heavy (non-hydrogen) atoms. The minimum absolute atomic E-state index is 0.133. The summed E-state index contributed by atoms with van der Waals surface area (Å²) in [6.07, 6.45) is 0. The molecule has 5 rings (SSSR count). The molecule has 0 saturated carbocycles. The molecule has 0 radical (unpaired) electrons. The Morgan fingerprint density at radius 2 is 1.76 bits per heavy atom. The topological polar surface area (TPSA) is 78.0 Å². The molecule has 1 aliphatic heterocycles. The maximum absolute atomic E-state index is 13.4. The zero-order valence-electron chi connectivity index (χ0n) is 18.3. The van der Waals surface area contributed by atoms with Gasteiger partial charge in [0.1, 0.15) is 5.82 Å². The van der Waals surface area contributed by atoms with Crippen molar-refractivity contribution < 1.29 is 9.18 Å². The summed E-state index contributed by atoms with van der Waals surface area (Å²) < 4.78 is 15.0. The second kappa shape index (κ2) is 9.55. The summed E-state index contributed by atoms with van der Waals surface area (Å²) >= 11 is 1.51. The first kappa shape index (κ1) is 21.9. The van der Waals surface area contributed by atoms with Crippen molar-refractivity contribution in [1.29, 1.82) is 5.26 Å². The standard InChI is InChI=1S/C25H21FN6OS/c26-20-7-9-21(10-8-20)32-24(22-2-1-15-34-22)28-23(29-32)25(33)31-13-11-30(12-14-31)17-19-5-3-18(16-27)4-6-19/h1-10,15H,11-14,17H2. The molecular formula is C25H21FN6OS. The van der Waals surface area contributed by atoms with E-state index in [4.69, 9.17) is 5.26 Å². The number of carbonyl (C=O) groups is 1. The Morgan fingerprint density at radius 3 is 2.41 bits per heavy atom. The largest absolute Gasteiger partial charge is 0.333 e. The Labute approximate surface area is 200 Å². The van der Waals surface area contributed by atoms with Gasteiger partial charge in [0.15, 0.2) is 5.82 Å². The Morgan fingerprint density at radius 1 is 1.03 bits per heavy atom. The average Bonchev–Trinajstić information content (AvgIpc) is 3.55. The van der Waals surface area contributed by atoms with E-state index >= 15 is 0 Å². The number of halogens is 1. The van der Waals surface area contributed by atoms with Crippen molar-refractivity contribution in [2.24, 2.45) is 0 Å². The van der Waals surface area contributed by atoms with E-state index < -0.39 is 0 Å². The SMILES string of the molecule is N#Cc1ccc(CN2CCN(C(=O)c3nc(-c4cccs4)n(-c4ccc(F)cc4)n3)CC2)cc1. The van der Waals surface area contributed by atoms with Crippen molar-refractivity contribution in [1.82, 2.24) is 24.6 Å². The van der Waals surface area contributed by atoms with Crippen molar-refractivity contribution >= 4 is 17.2 Å². The van der Waals surface area contributed by atoms with E-state index in [0.717, 1.165) is 30.1 Å². The zero-order valence-corrected chi connectivity index (χ0v) is 19.1. The lowest BCUT2D eigenvalue weighted by molar-refractivity contribution is 0.0616. The normalized spacial score (nSPS) is 14.2. The van der Waals surface area contributed by atoms with Crippen molar-refractivity contribution in [2.75, 3.05) is 26.2 Å². The fourth-order valence-corrected chi connectivity index (χ4v) is 4.62. The molecule has 1 fully saturated rings. The van der Waals surface area contributed by atoms with Crippen LogP contribution >= 0.6 is 11.3 Å². The van der Waals surface area contributed by atoms with Gasteiger partial charge in [-0.1, -0.05) is 18.2 Å². The lowest BCUT2D eigenvalue weighted by Crippen LogP contribution is -2.48. The minimum Gasteiger partial charge on any atom is -0.333 e. The zero-order chi connectivity index (χ0) is 23.5. The van der Waals surface area contributed by atoms with E-state index in [1.165, 1.54) is 23.5 Å². The van der Waals surface area contributed by atoms with E-state index in [9.17, 15) is 9.18 Å². The van der Waals surface area contributed by atoms with E-state index in [1.54, 1.807) is 21.7 Å². The second-order valence-electron chi connectivity index (χ2n) is 8.00. The fraction of sp³-hybridized carbons (Fsp3) is 0.200. The van der Waals surface area contributed by atoms with Crippen LogP contribution in [0.3, 0.4) is 0 Å². The predicted octanol–water partition coefficient (Wildman–Crippen LogP) is 3.96. The number of hydrogen-bond donors (Lipinski definition) is 0. The van der Waals surface area contributed by atoms with Crippen LogP contribution in [-0.2, 0) is 6.54 Å². The third-order valence-electron chi connectivity index (χ3n) is 5.76. The Bertz CT molecular complexity index is 1320. The summed E-state index contributed by atoms with van der Waals surface area (Å²) in [5, 5.41) is 15.4. The summed E-state index contributed by atoms with van der Waals surface area (Å²) in [6, 6.07) is 19.5. The second-order valence-corrected chi connectivity index (χ2v) is 8.95. The Balaban J connectivity index is 1.30. The average molecular weight is 473 g/mol. The van der Waals surface area contributed by atoms with E-state index in [1.807, 2.05) is 41.8 Å². The van der Waals surface area contributed by atoms with Crippen LogP contribution in [0.5, 0.6) is 0 Å². The number of nitriles is 1. The van der Waals surface area contributed by atoms with Gasteiger partial charge in [0.2, 0.25) is 5.82 Å². The highest BCUT2D eigenvalue weighted by molar-refractivity contribution is 7.13. The van der Waals surface area contributed by atoms with Gasteiger partial charge in [-0.15, -0.1) is 16.4 Å². The number of thiophene rings is 1. The number of benzene rings is 2. The number of hydrogen-bond acceptors (Lipinski definition) is 6. The summed E-state index contributed by atoms with van der Waals surface area (Å²) in [5.74, 6) is 0.145. The molecule has 3 heterocycles. The first-order valence-corrected chi connectivity index (χ1v) is 11.8. The van der Waals surface area contributed by atoms with Crippen LogP contribution < -0.4 is 0 Å². The highest BCUT2D eigenvalue weighted by Crippen LogP contribution is 2.26. The maximum Gasteiger partial charge on any atom is 0.293 e. The smallest absolute Gasteiger partial charge is 0.293 e. The molecule has 0 atom stereocenters. The number of amides is 1. The molecule has 0 N–H and O–H groups in total. The van der Waals surface area contributed by atoms with Crippen molar-refractivity contribution in [3.63, 3.8) is 0 Å². The third-order valence-corrected chi connectivity index (χ3v) is 6.63. The molecule has 0 bridgehead atoms. The van der Waals surface area contributed by atoms with Crippen LogP contribution in [-0.4, -0.2) is 56.7 Å². The van der Waals surface area contributed by atoms with Crippen molar-refractivity contribution in [2.45, 2.75) is 6.54 Å². The molecule has 1 aliphatic rings. The van der Waals surface area contributed by atoms with Crippen LogP contribution in [0.4, 0.5) is 4.39 Å². The monoisotopic (exact) mass is 472 g/mol. The highest BCUT2D eigenvalue weighted by Gasteiger charge is 2.27. The molecule has 2 aromatic carbocycles. The summed E-state index contributed by atoms with van der Waals surface area (Å²) in [5.41, 5.74) is 2.43. The molecule has 170 valence electrons. The van der Waals surface area contributed by atoms with E-state index in [0.29, 0.717) is 30.2 Å². The molecule has 0 spiro atoms. The van der Waals surface area contributed by atoms with Crippen molar-refractivity contribution in [3.8, 4) is 22.5 Å². The molecular weight excluding hydrogens is 451 g/mol. The molecule has 4 aromatic rings. The Hall–Kier alpha value is -3.87. The summed E-state index contributed by atoms with van der Waals surface area (Å²) in [4.78, 5) is 22.7. The van der Waals surface area contributed by atoms with E-state index in [2.05, 4.69) is 21.1 Å². The molecule has 9 heteroatoms. The number of nitrogens with zero attached hydrogens (tertiary/aromatic N) is 6. The molecule has 2 aromatic heterocycles. The van der Waals surface area contributed by atoms with Gasteiger partial charge in [0, 0.05) is 32.7 Å². The lowest BCUT2D eigenvalue weighted by atomic mass is 10.1. The van der Waals surface area contributed by atoms with Crippen LogP contribution in [0.25, 0.3) is 16.4 Å². The third kappa shape index (κ3) is 4.59. The molecule has 7 nitrogen and oxygen atoms in total. The number of carbonyl (C=O) groups excluding carboxylic acids is 1. The first-order chi connectivity index (χ1) is 16.6. The van der Waals surface area contributed by atoms with Gasteiger partial charge >= 0.3 is 0 Å². The van der Waals surface area contributed by atoms with Crippen molar-refractivity contribution in [3.05, 3.63) is 88.8 Å². The predicted molar refractivity (Wildman–Crippen MR) is 127 cm³/mol. The molecule has 1 amide bonds. The van der Waals surface area contributed by atoms with Gasteiger partial charge in [-0.2, -0.15) is 5.26 Å². The first-order valence-electron chi connectivity index (χ1n) is 10.9. The van der Waals surface area contributed by atoms with Gasteiger partial charge in [0.05, 0.1) is 22.2 Å². The van der Waals surface area contributed by atoms with Gasteiger partial charge in [0.25, 0.3) is 5.91 Å². The van der Waals surface area contributed by atoms with Crippen LogP contribution in [0.2, 0.25) is 0 Å². The van der Waals surface area contributed by atoms with Crippen LogP contribution in [0.1, 0.15) is 21.7 Å². The number of piperazine rings is 1. The van der Waals surface area contributed by atoms with Crippen LogP contribution in [0, 0.1) is 17.1 Å². The lowest BCUT2D eigenvalue weighted by Gasteiger charge is -2.34. The van der Waals surface area contributed by atoms with Gasteiger partial charge in [-0.05, 0) is 53.4 Å². The number of aromatic nitrogens is 3. The van der Waals surface area contributed by atoms with Crippen LogP contribution in [0.15, 0.2) is 66.0 Å². The highest BCUT2D eigenvalue weighted by atomic mass is 32.1.